The van der Waals surface area contributed by atoms with Crippen LogP contribution in [0.15, 0.2) is 108 Å². The Hall–Kier alpha value is -3.87. The molecule has 0 aliphatic rings. The van der Waals surface area contributed by atoms with E-state index in [1.54, 1.807) is 18.2 Å². The van der Waals surface area contributed by atoms with Crippen LogP contribution in [0.25, 0.3) is 16.9 Å². The van der Waals surface area contributed by atoms with E-state index in [1.165, 1.54) is 12.1 Å². The Morgan fingerprint density at radius 2 is 1.73 bits per heavy atom. The monoisotopic (exact) mass is 616 g/mol. The maximum atomic E-state index is 13.3. The molecule has 0 bridgehead atoms. The largest absolute Gasteiger partial charge is 0.488 e. The molecule has 5 rings (SSSR count). The van der Waals surface area contributed by atoms with Crippen LogP contribution >= 0.6 is 27.5 Å². The highest BCUT2D eigenvalue weighted by atomic mass is 79.9. The summed E-state index contributed by atoms with van der Waals surface area (Å²) < 4.78 is 22.5. The molecule has 0 saturated carbocycles. The third kappa shape index (κ3) is 6.14. The average molecular weight is 618 g/mol. The molecule has 4 nitrogen and oxygen atoms in total. The molecule has 40 heavy (non-hydrogen) atoms. The van der Waals surface area contributed by atoms with Crippen molar-refractivity contribution in [3.63, 3.8) is 0 Å². The number of nitrogens with zero attached hydrogens (tertiary/aromatic N) is 1. The molecule has 1 aromatic heterocycles. The van der Waals surface area contributed by atoms with Crippen molar-refractivity contribution in [1.82, 2.24) is 9.88 Å². The van der Waals surface area contributed by atoms with Crippen molar-refractivity contribution >= 4 is 33.4 Å². The van der Waals surface area contributed by atoms with E-state index >= 15 is 0 Å². The fourth-order valence-corrected chi connectivity index (χ4v) is 5.15. The van der Waals surface area contributed by atoms with Crippen molar-refractivity contribution in [1.29, 1.82) is 0 Å². The molecule has 1 heterocycles. The standard InChI is InChI=1S/C33H27BrClFN2O2/c1-21-8-16-31(29-18-25(34)11-17-32(29)40-20-23-9-12-26(36)13-10-23)38(21)27-14-15-30(35)28(19-27)33(39)37-22(2)24-6-4-3-5-7-24/h3-19,22H,20H2,1-2H3,(H,37,39). The van der Waals surface area contributed by atoms with Gasteiger partial charge in [-0.05, 0) is 85.6 Å². The number of aromatic nitrogens is 1. The van der Waals surface area contributed by atoms with E-state index in [-0.39, 0.29) is 17.8 Å². The van der Waals surface area contributed by atoms with Gasteiger partial charge in [0.2, 0.25) is 0 Å². The summed E-state index contributed by atoms with van der Waals surface area (Å²) in [6.07, 6.45) is 0. The van der Waals surface area contributed by atoms with Gasteiger partial charge < -0.3 is 14.6 Å². The lowest BCUT2D eigenvalue weighted by Gasteiger charge is -2.18. The molecular weight excluding hydrogens is 591 g/mol. The van der Waals surface area contributed by atoms with E-state index in [0.29, 0.717) is 22.9 Å². The molecule has 0 aliphatic heterocycles. The smallest absolute Gasteiger partial charge is 0.253 e. The zero-order valence-electron chi connectivity index (χ0n) is 22.0. The van der Waals surface area contributed by atoms with Gasteiger partial charge >= 0.3 is 0 Å². The van der Waals surface area contributed by atoms with Crippen LogP contribution in [-0.2, 0) is 6.61 Å². The first kappa shape index (κ1) is 27.7. The van der Waals surface area contributed by atoms with Gasteiger partial charge in [-0.25, -0.2) is 4.39 Å². The predicted molar refractivity (Wildman–Crippen MR) is 162 cm³/mol. The second kappa shape index (κ2) is 12.1. The normalized spacial score (nSPS) is 11.7. The van der Waals surface area contributed by atoms with Gasteiger partial charge in [0, 0.05) is 21.4 Å². The number of benzene rings is 4. The molecule has 1 atom stereocenters. The van der Waals surface area contributed by atoms with Crippen LogP contribution in [-0.4, -0.2) is 10.5 Å². The average Bonchev–Trinajstić information content (AvgIpc) is 3.34. The summed E-state index contributed by atoms with van der Waals surface area (Å²) >= 11 is 10.1. The number of amides is 1. The molecule has 5 aromatic rings. The van der Waals surface area contributed by atoms with Crippen LogP contribution in [0.3, 0.4) is 0 Å². The van der Waals surface area contributed by atoms with Gasteiger partial charge in [-0.3, -0.25) is 4.79 Å². The van der Waals surface area contributed by atoms with Crippen LogP contribution in [0, 0.1) is 12.7 Å². The molecular formula is C33H27BrClFN2O2. The van der Waals surface area contributed by atoms with Gasteiger partial charge in [-0.1, -0.05) is 70.0 Å². The first-order chi connectivity index (χ1) is 19.3. The summed E-state index contributed by atoms with van der Waals surface area (Å²) in [7, 11) is 0. The molecule has 1 amide bonds. The van der Waals surface area contributed by atoms with Gasteiger partial charge in [0.1, 0.15) is 18.2 Å². The van der Waals surface area contributed by atoms with Crippen molar-refractivity contribution in [3.05, 3.63) is 141 Å². The van der Waals surface area contributed by atoms with E-state index in [4.69, 9.17) is 16.3 Å². The Morgan fingerprint density at radius 1 is 0.975 bits per heavy atom. The Bertz CT molecular complexity index is 1650. The van der Waals surface area contributed by atoms with Gasteiger partial charge in [-0.2, -0.15) is 0 Å². The summed E-state index contributed by atoms with van der Waals surface area (Å²) in [4.78, 5) is 13.3. The van der Waals surface area contributed by atoms with E-state index in [1.807, 2.05) is 86.6 Å². The third-order valence-electron chi connectivity index (χ3n) is 6.70. The number of nitrogens with one attached hydrogen (secondary N) is 1. The highest BCUT2D eigenvalue weighted by Crippen LogP contribution is 2.36. The maximum absolute atomic E-state index is 13.3. The Labute approximate surface area is 246 Å². The first-order valence-corrected chi connectivity index (χ1v) is 14.0. The number of halogens is 3. The van der Waals surface area contributed by atoms with Gasteiger partial charge in [-0.15, -0.1) is 0 Å². The van der Waals surface area contributed by atoms with Crippen molar-refractivity contribution < 1.29 is 13.9 Å². The number of aryl methyl sites for hydroxylation is 1. The van der Waals surface area contributed by atoms with Gasteiger partial charge in [0.15, 0.2) is 0 Å². The number of rotatable bonds is 8. The minimum absolute atomic E-state index is 0.181. The lowest BCUT2D eigenvalue weighted by atomic mass is 10.1. The second-order valence-electron chi connectivity index (χ2n) is 9.52. The third-order valence-corrected chi connectivity index (χ3v) is 7.52. The Morgan fingerprint density at radius 3 is 2.48 bits per heavy atom. The van der Waals surface area contributed by atoms with E-state index < -0.39 is 0 Å². The molecule has 1 unspecified atom stereocenters. The number of ether oxygens (including phenoxy) is 1. The Kier molecular flexibility index (Phi) is 8.38. The predicted octanol–water partition coefficient (Wildman–Crippen LogP) is 9.08. The molecule has 0 spiro atoms. The minimum atomic E-state index is -0.285. The van der Waals surface area contributed by atoms with Crippen molar-refractivity contribution in [2.75, 3.05) is 0 Å². The number of hydrogen-bond donors (Lipinski definition) is 1. The lowest BCUT2D eigenvalue weighted by molar-refractivity contribution is 0.0940. The first-order valence-electron chi connectivity index (χ1n) is 12.8. The summed E-state index contributed by atoms with van der Waals surface area (Å²) in [6.45, 7) is 4.24. The summed E-state index contributed by atoms with van der Waals surface area (Å²) in [5.74, 6) is 0.141. The fraction of sp³-hybridized carbons (Fsp3) is 0.121. The van der Waals surface area contributed by atoms with Crippen molar-refractivity contribution in [2.24, 2.45) is 0 Å². The SMILES string of the molecule is Cc1ccc(-c2cc(Br)ccc2OCc2ccc(F)cc2)n1-c1ccc(Cl)c(C(=O)NC(C)c2ccccc2)c1. The summed E-state index contributed by atoms with van der Waals surface area (Å²) in [6, 6.07) is 31.2. The molecule has 0 radical (unpaired) electrons. The highest BCUT2D eigenvalue weighted by Gasteiger charge is 2.19. The summed E-state index contributed by atoms with van der Waals surface area (Å²) in [5.41, 5.74) is 5.79. The molecule has 202 valence electrons. The van der Waals surface area contributed by atoms with Crippen LogP contribution in [0.2, 0.25) is 5.02 Å². The molecule has 1 N–H and O–H groups in total. The highest BCUT2D eigenvalue weighted by molar-refractivity contribution is 9.10. The van der Waals surface area contributed by atoms with Gasteiger partial charge in [0.25, 0.3) is 5.91 Å². The number of carbonyl (C=O) groups is 1. The van der Waals surface area contributed by atoms with Crippen molar-refractivity contribution in [3.8, 4) is 22.7 Å². The fourth-order valence-electron chi connectivity index (χ4n) is 4.59. The Balaban J connectivity index is 1.47. The van der Waals surface area contributed by atoms with E-state index in [9.17, 15) is 9.18 Å². The molecule has 0 saturated heterocycles. The van der Waals surface area contributed by atoms with E-state index in [2.05, 4.69) is 25.8 Å². The van der Waals surface area contributed by atoms with Crippen LogP contribution in [0.5, 0.6) is 5.75 Å². The second-order valence-corrected chi connectivity index (χ2v) is 10.8. The quantitative estimate of drug-likeness (QED) is 0.189. The van der Waals surface area contributed by atoms with Crippen LogP contribution in [0.1, 0.15) is 40.1 Å². The maximum Gasteiger partial charge on any atom is 0.253 e. The van der Waals surface area contributed by atoms with Crippen LogP contribution in [0.4, 0.5) is 4.39 Å². The molecule has 4 aromatic carbocycles. The molecule has 0 aliphatic carbocycles. The van der Waals surface area contributed by atoms with E-state index in [0.717, 1.165) is 38.2 Å². The zero-order chi connectivity index (χ0) is 28.2. The van der Waals surface area contributed by atoms with Crippen LogP contribution < -0.4 is 10.1 Å². The number of carbonyl (C=O) groups excluding carboxylic acids is 1. The molecule has 7 heteroatoms. The molecule has 0 fully saturated rings. The summed E-state index contributed by atoms with van der Waals surface area (Å²) in [5, 5.41) is 3.43. The minimum Gasteiger partial charge on any atom is -0.488 e. The van der Waals surface area contributed by atoms with Crippen molar-refractivity contribution in [2.45, 2.75) is 26.5 Å². The topological polar surface area (TPSA) is 43.3 Å². The van der Waals surface area contributed by atoms with Gasteiger partial charge in [0.05, 0.1) is 22.3 Å². The number of hydrogen-bond acceptors (Lipinski definition) is 2. The lowest BCUT2D eigenvalue weighted by Crippen LogP contribution is -2.27. The zero-order valence-corrected chi connectivity index (χ0v) is 24.3.